The summed E-state index contributed by atoms with van der Waals surface area (Å²) in [5, 5.41) is 21.7. The first-order valence-corrected chi connectivity index (χ1v) is 19.0. The number of hydrogen-bond donors (Lipinski definition) is 3. The van der Waals surface area contributed by atoms with Gasteiger partial charge in [0.25, 0.3) is 5.91 Å². The van der Waals surface area contributed by atoms with Crippen LogP contribution in [0.4, 0.5) is 16.2 Å². The first-order valence-electron chi connectivity index (χ1n) is 17.6. The lowest BCUT2D eigenvalue weighted by Crippen LogP contribution is -2.48. The zero-order chi connectivity index (χ0) is 37.6. The number of amides is 3. The van der Waals surface area contributed by atoms with Crippen LogP contribution in [-0.4, -0.2) is 91.4 Å². The molecule has 0 spiro atoms. The number of sulfonamides is 1. The molecule has 3 aromatic carbocycles. The summed E-state index contributed by atoms with van der Waals surface area (Å²) in [5.74, 6) is -0.219. The number of aromatic nitrogens is 1. The van der Waals surface area contributed by atoms with Crippen molar-refractivity contribution in [2.75, 3.05) is 44.0 Å². The van der Waals surface area contributed by atoms with Crippen LogP contribution in [0.15, 0.2) is 70.1 Å². The Morgan fingerprint density at radius 1 is 1.08 bits per heavy atom. The number of rotatable bonds is 8. The molecule has 0 unspecified atom stereocenters. The van der Waals surface area contributed by atoms with Crippen LogP contribution in [0, 0.1) is 19.8 Å². The third kappa shape index (κ3) is 8.92. The minimum Gasteiger partial charge on any atom is -0.490 e. The number of aryl methyl sites for hydroxylation is 2. The van der Waals surface area contributed by atoms with Gasteiger partial charge in [0.15, 0.2) is 5.76 Å². The number of fused-ring (bicyclic) bond motifs is 2. The van der Waals surface area contributed by atoms with Crippen molar-refractivity contribution in [3.05, 3.63) is 77.7 Å². The highest BCUT2D eigenvalue weighted by atomic mass is 32.2. The SMILES string of the molecule is Cc1noc(C)c1S(=O)(=O)N(C)C[C@@H]1OCCCC[C@H](C)Oc2ccc(NC(=O)Nc3cccc4ccccc34)cc2C(=O)N([C@H](C)CO)C[C@H]1C. The molecule has 13 nitrogen and oxygen atoms in total. The first kappa shape index (κ1) is 38.7. The van der Waals surface area contributed by atoms with Gasteiger partial charge < -0.3 is 34.6 Å². The van der Waals surface area contributed by atoms with Gasteiger partial charge in [-0.2, -0.15) is 4.31 Å². The van der Waals surface area contributed by atoms with E-state index < -0.39 is 34.1 Å². The molecule has 0 bridgehead atoms. The van der Waals surface area contributed by atoms with E-state index in [1.807, 2.05) is 56.3 Å². The molecule has 0 fully saturated rings. The highest BCUT2D eigenvalue weighted by molar-refractivity contribution is 7.89. The second-order valence-corrected chi connectivity index (χ2v) is 15.5. The lowest BCUT2D eigenvalue weighted by Gasteiger charge is -2.35. The molecule has 0 aliphatic carbocycles. The van der Waals surface area contributed by atoms with Gasteiger partial charge in [0.1, 0.15) is 16.3 Å². The van der Waals surface area contributed by atoms with Gasteiger partial charge in [0, 0.05) is 43.7 Å². The van der Waals surface area contributed by atoms with Crippen LogP contribution in [0.25, 0.3) is 10.8 Å². The molecule has 4 atom stereocenters. The number of benzene rings is 3. The molecule has 1 aliphatic heterocycles. The zero-order valence-electron chi connectivity index (χ0n) is 30.6. The number of nitrogens with zero attached hydrogens (tertiary/aromatic N) is 3. The van der Waals surface area contributed by atoms with E-state index in [0.29, 0.717) is 36.6 Å². The smallest absolute Gasteiger partial charge is 0.323 e. The summed E-state index contributed by atoms with van der Waals surface area (Å²) in [6.45, 7) is 8.92. The summed E-state index contributed by atoms with van der Waals surface area (Å²) in [7, 11) is -2.47. The number of ether oxygens (including phenoxy) is 2. The van der Waals surface area contributed by atoms with Crippen LogP contribution in [0.1, 0.15) is 61.8 Å². The van der Waals surface area contributed by atoms with E-state index in [1.165, 1.54) is 11.4 Å². The fourth-order valence-corrected chi connectivity index (χ4v) is 7.90. The van der Waals surface area contributed by atoms with E-state index in [1.54, 1.807) is 43.9 Å². The number of aliphatic hydroxyl groups excluding tert-OH is 1. The Morgan fingerprint density at radius 3 is 2.56 bits per heavy atom. The van der Waals surface area contributed by atoms with Crippen LogP contribution < -0.4 is 15.4 Å². The van der Waals surface area contributed by atoms with Crippen molar-refractivity contribution < 1.29 is 37.1 Å². The molecule has 52 heavy (non-hydrogen) atoms. The number of anilines is 2. The van der Waals surface area contributed by atoms with Gasteiger partial charge in [-0.05, 0) is 76.6 Å². The van der Waals surface area contributed by atoms with Gasteiger partial charge in [-0.1, -0.05) is 48.5 Å². The lowest BCUT2D eigenvalue weighted by atomic mass is 10.0. The average Bonchev–Trinajstić information content (AvgIpc) is 3.47. The standard InChI is InChI=1S/C38H49N5O8S/c1-24-21-43(25(2)23-44)37(45)32-20-30(39-38(46)40-33-16-11-14-29-13-7-8-15-31(29)33)17-18-34(32)50-26(3)12-9-10-19-49-35(24)22-42(6)52(47,48)36-27(4)41-51-28(36)5/h7-8,11,13-18,20,24-26,35,44H,9-10,12,19,21-23H2,1-6H3,(H2,39,40,46)/t24-,25-,26+,35+/m1/s1. The third-order valence-corrected chi connectivity index (χ3v) is 11.5. The van der Waals surface area contributed by atoms with Crippen LogP contribution >= 0.6 is 0 Å². The number of hydrogen-bond acceptors (Lipinski definition) is 9. The first-order chi connectivity index (χ1) is 24.8. The summed E-state index contributed by atoms with van der Waals surface area (Å²) >= 11 is 0. The van der Waals surface area contributed by atoms with Crippen LogP contribution in [0.3, 0.4) is 0 Å². The maximum Gasteiger partial charge on any atom is 0.323 e. The number of nitrogens with one attached hydrogen (secondary N) is 2. The summed E-state index contributed by atoms with van der Waals surface area (Å²) in [6, 6.07) is 17.2. The number of carbonyl (C=O) groups is 2. The Morgan fingerprint density at radius 2 is 1.83 bits per heavy atom. The molecular weight excluding hydrogens is 687 g/mol. The number of urea groups is 1. The fraction of sp³-hybridized carbons (Fsp3) is 0.447. The fourth-order valence-electron chi connectivity index (χ4n) is 6.43. The van der Waals surface area contributed by atoms with Crippen molar-refractivity contribution in [1.82, 2.24) is 14.4 Å². The quantitative estimate of drug-likeness (QED) is 0.191. The number of aliphatic hydroxyl groups is 1. The predicted molar refractivity (Wildman–Crippen MR) is 199 cm³/mol. The normalized spacial score (nSPS) is 19.8. The lowest BCUT2D eigenvalue weighted by molar-refractivity contribution is -0.00835. The Balaban J connectivity index is 1.42. The van der Waals surface area contributed by atoms with Gasteiger partial charge in [-0.3, -0.25) is 4.79 Å². The molecule has 0 saturated heterocycles. The van der Waals surface area contributed by atoms with E-state index in [2.05, 4.69) is 15.8 Å². The maximum atomic E-state index is 14.5. The molecule has 0 radical (unpaired) electrons. The minimum atomic E-state index is -3.96. The maximum absolute atomic E-state index is 14.5. The molecule has 1 aromatic heterocycles. The van der Waals surface area contributed by atoms with E-state index in [9.17, 15) is 23.1 Å². The topological polar surface area (TPSA) is 164 Å². The van der Waals surface area contributed by atoms with Crippen molar-refractivity contribution in [2.45, 2.75) is 77.0 Å². The monoisotopic (exact) mass is 735 g/mol. The molecule has 5 rings (SSSR count). The molecule has 1 aliphatic rings. The Hall–Kier alpha value is -4.50. The zero-order valence-corrected chi connectivity index (χ0v) is 31.4. The van der Waals surface area contributed by atoms with Crippen molar-refractivity contribution in [2.24, 2.45) is 5.92 Å². The molecular formula is C38H49N5O8S. The summed E-state index contributed by atoms with van der Waals surface area (Å²) in [5.41, 5.74) is 1.50. The highest BCUT2D eigenvalue weighted by Crippen LogP contribution is 2.30. The van der Waals surface area contributed by atoms with E-state index in [4.69, 9.17) is 14.0 Å². The Bertz CT molecular complexity index is 1960. The van der Waals surface area contributed by atoms with Crippen LogP contribution in [0.2, 0.25) is 0 Å². The molecule has 0 saturated carbocycles. The second-order valence-electron chi connectivity index (χ2n) is 13.6. The van der Waals surface area contributed by atoms with Crippen molar-refractivity contribution in [1.29, 1.82) is 0 Å². The van der Waals surface area contributed by atoms with Crippen molar-refractivity contribution >= 4 is 44.1 Å². The third-order valence-electron chi connectivity index (χ3n) is 9.42. The minimum absolute atomic E-state index is 0.0130. The molecule has 280 valence electrons. The van der Waals surface area contributed by atoms with Gasteiger partial charge in [0.05, 0.1) is 36.1 Å². The van der Waals surface area contributed by atoms with E-state index in [-0.39, 0.29) is 53.6 Å². The van der Waals surface area contributed by atoms with Crippen LogP contribution in [0.5, 0.6) is 5.75 Å². The second kappa shape index (κ2) is 16.9. The Kier molecular flexibility index (Phi) is 12.6. The largest absolute Gasteiger partial charge is 0.490 e. The Labute approximate surface area is 305 Å². The average molecular weight is 736 g/mol. The predicted octanol–water partition coefficient (Wildman–Crippen LogP) is 6.20. The molecule has 2 heterocycles. The van der Waals surface area contributed by atoms with E-state index >= 15 is 0 Å². The van der Waals surface area contributed by atoms with Crippen LogP contribution in [-0.2, 0) is 14.8 Å². The van der Waals surface area contributed by atoms with Crippen molar-refractivity contribution in [3.63, 3.8) is 0 Å². The summed E-state index contributed by atoms with van der Waals surface area (Å²) in [6.07, 6.45) is 1.34. The molecule has 14 heteroatoms. The van der Waals surface area contributed by atoms with Gasteiger partial charge in [0.2, 0.25) is 10.0 Å². The highest BCUT2D eigenvalue weighted by Gasteiger charge is 2.34. The van der Waals surface area contributed by atoms with E-state index in [0.717, 1.165) is 17.2 Å². The molecule has 3 amide bonds. The number of likely N-dealkylation sites (N-methyl/N-ethyl adjacent to an activating group) is 1. The molecule has 3 N–H and O–H groups in total. The summed E-state index contributed by atoms with van der Waals surface area (Å²) < 4.78 is 46.2. The van der Waals surface area contributed by atoms with Gasteiger partial charge in [-0.15, -0.1) is 0 Å². The number of carbonyl (C=O) groups excluding carboxylic acids is 2. The molecule has 4 aromatic rings. The summed E-state index contributed by atoms with van der Waals surface area (Å²) in [4.78, 5) is 29.3. The van der Waals surface area contributed by atoms with Crippen molar-refractivity contribution in [3.8, 4) is 5.75 Å². The van der Waals surface area contributed by atoms with Gasteiger partial charge in [-0.25, -0.2) is 13.2 Å². The van der Waals surface area contributed by atoms with Gasteiger partial charge >= 0.3 is 6.03 Å².